The zero-order chi connectivity index (χ0) is 23.3. The molecule has 1 heterocycles. The number of likely N-dealkylation sites (tertiary alicyclic amines) is 1. The number of rotatable bonds is 6. The Morgan fingerprint density at radius 3 is 2.44 bits per heavy atom. The molecule has 1 N–H and O–H groups in total. The fourth-order valence-electron chi connectivity index (χ4n) is 4.33. The van der Waals surface area contributed by atoms with Gasteiger partial charge in [-0.25, -0.2) is 30.7 Å². The largest absolute Gasteiger partial charge is 0.336 e. The van der Waals surface area contributed by atoms with Crippen LogP contribution in [0.15, 0.2) is 42.5 Å². The van der Waals surface area contributed by atoms with Crippen molar-refractivity contribution in [2.24, 2.45) is 11.8 Å². The van der Waals surface area contributed by atoms with Crippen LogP contribution in [0.5, 0.6) is 0 Å². The monoisotopic (exact) mass is 470 g/mol. The molecule has 1 aliphatic heterocycles. The van der Waals surface area contributed by atoms with Crippen LogP contribution >= 0.6 is 0 Å². The summed E-state index contributed by atoms with van der Waals surface area (Å²) in [5.74, 6) is -7.34. The summed E-state index contributed by atoms with van der Waals surface area (Å²) in [6.07, 6.45) is 1.27. The van der Waals surface area contributed by atoms with Crippen LogP contribution in [0.4, 0.5) is 17.6 Å². The minimum absolute atomic E-state index is 0.180. The molecule has 2 aromatic rings. The summed E-state index contributed by atoms with van der Waals surface area (Å²) in [7, 11) is -3.63. The SMILES string of the molecule is CS(=O)(=O)NC[C@H]1CN(C(=O)[C@@H]2C[C@H]2c2ccccc2-c2c(F)cccc2F)CC1(F)F. The number of hydrogen-bond acceptors (Lipinski definition) is 3. The van der Waals surface area contributed by atoms with Crippen LogP contribution < -0.4 is 4.72 Å². The number of carbonyl (C=O) groups excluding carboxylic acids is 1. The van der Waals surface area contributed by atoms with E-state index in [2.05, 4.69) is 4.72 Å². The lowest BCUT2D eigenvalue weighted by Gasteiger charge is -2.16. The summed E-state index contributed by atoms with van der Waals surface area (Å²) >= 11 is 0. The van der Waals surface area contributed by atoms with Crippen LogP contribution in [0.1, 0.15) is 17.9 Å². The third-order valence-corrected chi connectivity index (χ3v) is 6.73. The highest BCUT2D eigenvalue weighted by Crippen LogP contribution is 2.52. The van der Waals surface area contributed by atoms with E-state index in [1.807, 2.05) is 0 Å². The minimum atomic E-state index is -3.63. The van der Waals surface area contributed by atoms with Gasteiger partial charge in [-0.3, -0.25) is 4.79 Å². The third-order valence-electron chi connectivity index (χ3n) is 6.04. The van der Waals surface area contributed by atoms with E-state index in [0.717, 1.165) is 23.3 Å². The fraction of sp³-hybridized carbons (Fsp3) is 0.409. The maximum absolute atomic E-state index is 14.4. The summed E-state index contributed by atoms with van der Waals surface area (Å²) in [6, 6.07) is 10.2. The minimum Gasteiger partial charge on any atom is -0.336 e. The number of amides is 1. The summed E-state index contributed by atoms with van der Waals surface area (Å²) in [5, 5.41) is 0. The molecule has 32 heavy (non-hydrogen) atoms. The van der Waals surface area contributed by atoms with Gasteiger partial charge in [0.15, 0.2) is 0 Å². The molecule has 1 saturated heterocycles. The van der Waals surface area contributed by atoms with Crippen molar-refractivity contribution in [2.45, 2.75) is 18.3 Å². The maximum atomic E-state index is 14.4. The van der Waals surface area contributed by atoms with Crippen molar-refractivity contribution in [2.75, 3.05) is 25.9 Å². The number of alkyl halides is 2. The number of hydrogen-bond donors (Lipinski definition) is 1. The van der Waals surface area contributed by atoms with Gasteiger partial charge in [-0.1, -0.05) is 30.3 Å². The number of halogens is 4. The van der Waals surface area contributed by atoms with Crippen LogP contribution in [0.2, 0.25) is 0 Å². The molecule has 0 aromatic heterocycles. The highest BCUT2D eigenvalue weighted by atomic mass is 32.2. The molecule has 1 aliphatic carbocycles. The molecule has 0 unspecified atom stereocenters. The zero-order valence-electron chi connectivity index (χ0n) is 17.2. The van der Waals surface area contributed by atoms with E-state index in [9.17, 15) is 30.8 Å². The van der Waals surface area contributed by atoms with Crippen molar-refractivity contribution in [1.29, 1.82) is 0 Å². The summed E-state index contributed by atoms with van der Waals surface area (Å²) < 4.78 is 82.0. The average Bonchev–Trinajstić information content (AvgIpc) is 3.43. The molecule has 3 atom stereocenters. The molecule has 0 spiro atoms. The Bertz CT molecular complexity index is 1140. The van der Waals surface area contributed by atoms with E-state index in [-0.39, 0.29) is 18.0 Å². The van der Waals surface area contributed by atoms with Crippen LogP contribution in [0.25, 0.3) is 11.1 Å². The van der Waals surface area contributed by atoms with E-state index in [1.54, 1.807) is 24.3 Å². The van der Waals surface area contributed by atoms with Crippen LogP contribution in [-0.4, -0.2) is 51.0 Å². The topological polar surface area (TPSA) is 66.5 Å². The van der Waals surface area contributed by atoms with E-state index in [0.29, 0.717) is 17.5 Å². The van der Waals surface area contributed by atoms with Gasteiger partial charge in [0.05, 0.1) is 24.3 Å². The molecule has 0 bridgehead atoms. The second-order valence-corrected chi connectivity index (χ2v) is 10.3. The predicted molar refractivity (Wildman–Crippen MR) is 111 cm³/mol. The summed E-state index contributed by atoms with van der Waals surface area (Å²) in [5.41, 5.74) is 0.752. The second-order valence-electron chi connectivity index (χ2n) is 8.43. The van der Waals surface area contributed by atoms with E-state index >= 15 is 0 Å². The Hall–Kier alpha value is -2.46. The number of nitrogens with one attached hydrogen (secondary N) is 1. The zero-order valence-corrected chi connectivity index (χ0v) is 18.0. The van der Waals surface area contributed by atoms with Crippen molar-refractivity contribution in [3.05, 3.63) is 59.7 Å². The highest BCUT2D eigenvalue weighted by molar-refractivity contribution is 7.88. The molecule has 4 rings (SSSR count). The van der Waals surface area contributed by atoms with Gasteiger partial charge in [-0.2, -0.15) is 0 Å². The second kappa shape index (κ2) is 8.15. The molecule has 2 aliphatic rings. The van der Waals surface area contributed by atoms with Gasteiger partial charge < -0.3 is 4.90 Å². The lowest BCUT2D eigenvalue weighted by atomic mass is 9.95. The molecule has 5 nitrogen and oxygen atoms in total. The van der Waals surface area contributed by atoms with Gasteiger partial charge in [0.25, 0.3) is 5.92 Å². The Morgan fingerprint density at radius 2 is 1.78 bits per heavy atom. The predicted octanol–water partition coefficient (Wildman–Crippen LogP) is 3.38. The number of benzene rings is 2. The number of sulfonamides is 1. The Balaban J connectivity index is 1.51. The number of carbonyl (C=O) groups is 1. The van der Waals surface area contributed by atoms with Crippen molar-refractivity contribution >= 4 is 15.9 Å². The first-order valence-electron chi connectivity index (χ1n) is 10.1. The highest BCUT2D eigenvalue weighted by Gasteiger charge is 2.54. The lowest BCUT2D eigenvalue weighted by Crippen LogP contribution is -2.37. The van der Waals surface area contributed by atoms with Gasteiger partial charge in [-0.05, 0) is 35.6 Å². The summed E-state index contributed by atoms with van der Waals surface area (Å²) in [6.45, 7) is -1.50. The van der Waals surface area contributed by atoms with Gasteiger partial charge in [0, 0.05) is 19.0 Å². The normalized spacial score (nSPS) is 24.5. The Kier molecular flexibility index (Phi) is 5.79. The van der Waals surface area contributed by atoms with Crippen molar-refractivity contribution in [3.8, 4) is 11.1 Å². The Morgan fingerprint density at radius 1 is 1.12 bits per heavy atom. The molecule has 10 heteroatoms. The Labute approximate surface area is 183 Å². The van der Waals surface area contributed by atoms with E-state index < -0.39 is 58.4 Å². The molecule has 2 fully saturated rings. The van der Waals surface area contributed by atoms with Crippen molar-refractivity contribution in [1.82, 2.24) is 9.62 Å². The van der Waals surface area contributed by atoms with Crippen LogP contribution in [0, 0.1) is 23.5 Å². The molecular formula is C22H22F4N2O3S. The van der Waals surface area contributed by atoms with Gasteiger partial charge in [-0.15, -0.1) is 0 Å². The molecule has 1 saturated carbocycles. The van der Waals surface area contributed by atoms with Crippen LogP contribution in [0.3, 0.4) is 0 Å². The van der Waals surface area contributed by atoms with Crippen molar-refractivity contribution < 1.29 is 30.8 Å². The molecule has 1 amide bonds. The molecule has 2 aromatic carbocycles. The quantitative estimate of drug-likeness (QED) is 0.659. The molecule has 0 radical (unpaired) electrons. The first kappa shape index (κ1) is 22.7. The molecule has 172 valence electrons. The van der Waals surface area contributed by atoms with E-state index in [1.165, 1.54) is 6.07 Å². The average molecular weight is 470 g/mol. The fourth-order valence-corrected chi connectivity index (χ4v) is 4.83. The first-order chi connectivity index (χ1) is 15.0. The smallest absolute Gasteiger partial charge is 0.271 e. The lowest BCUT2D eigenvalue weighted by molar-refractivity contribution is -0.133. The van der Waals surface area contributed by atoms with Crippen molar-refractivity contribution in [3.63, 3.8) is 0 Å². The summed E-state index contributed by atoms with van der Waals surface area (Å²) in [4.78, 5) is 14.0. The van der Waals surface area contributed by atoms with Crippen LogP contribution in [-0.2, 0) is 14.8 Å². The van der Waals surface area contributed by atoms with Gasteiger partial charge in [0.2, 0.25) is 15.9 Å². The maximum Gasteiger partial charge on any atom is 0.271 e. The molecular weight excluding hydrogens is 448 g/mol. The van der Waals surface area contributed by atoms with E-state index in [4.69, 9.17) is 0 Å². The first-order valence-corrected chi connectivity index (χ1v) is 12.0. The third kappa shape index (κ3) is 4.52. The standard InChI is InChI=1S/C22H22F4N2O3S/c1-32(30,31)27-10-13-11-28(12-22(13,25)26)21(29)17-9-16(17)14-5-2-3-6-15(14)20-18(23)7-4-8-19(20)24/h2-8,13,16-17,27H,9-12H2,1H3/t13-,16-,17+/m0/s1. The van der Waals surface area contributed by atoms with Gasteiger partial charge >= 0.3 is 0 Å². The van der Waals surface area contributed by atoms with Gasteiger partial charge in [0.1, 0.15) is 11.6 Å². The number of nitrogens with zero attached hydrogens (tertiary/aromatic N) is 1.